The van der Waals surface area contributed by atoms with Crippen molar-refractivity contribution >= 4 is 36.7 Å². The Hall–Kier alpha value is -1.08. The SMILES string of the molecule is Cc1cc2cnc(S(C)(=O)=O)nc2c(Br)n1. The van der Waals surface area contributed by atoms with Crippen molar-refractivity contribution in [3.8, 4) is 0 Å². The van der Waals surface area contributed by atoms with Crippen LogP contribution >= 0.6 is 15.9 Å². The first kappa shape index (κ1) is 11.4. The predicted octanol–water partition coefficient (Wildman–Crippen LogP) is 1.50. The summed E-state index contributed by atoms with van der Waals surface area (Å²) in [6.45, 7) is 1.84. The fraction of sp³-hybridized carbons (Fsp3) is 0.222. The summed E-state index contributed by atoms with van der Waals surface area (Å²) in [4.78, 5) is 11.9. The van der Waals surface area contributed by atoms with Crippen LogP contribution in [-0.2, 0) is 9.84 Å². The van der Waals surface area contributed by atoms with Crippen LogP contribution in [0.3, 0.4) is 0 Å². The Labute approximate surface area is 101 Å². The van der Waals surface area contributed by atoms with Crippen molar-refractivity contribution in [1.29, 1.82) is 0 Å². The van der Waals surface area contributed by atoms with Crippen LogP contribution in [0.4, 0.5) is 0 Å². The smallest absolute Gasteiger partial charge is 0.244 e. The van der Waals surface area contributed by atoms with Crippen LogP contribution in [0.2, 0.25) is 0 Å². The minimum absolute atomic E-state index is 0.189. The Balaban J connectivity index is 2.82. The largest absolute Gasteiger partial charge is 0.247 e. The van der Waals surface area contributed by atoms with E-state index >= 15 is 0 Å². The van der Waals surface area contributed by atoms with E-state index in [1.54, 1.807) is 6.07 Å². The molecule has 0 amide bonds. The van der Waals surface area contributed by atoms with E-state index in [0.717, 1.165) is 17.3 Å². The third kappa shape index (κ3) is 2.05. The number of halogens is 1. The van der Waals surface area contributed by atoms with E-state index < -0.39 is 9.84 Å². The number of pyridine rings is 1. The van der Waals surface area contributed by atoms with E-state index in [0.29, 0.717) is 10.1 Å². The fourth-order valence-electron chi connectivity index (χ4n) is 1.29. The van der Waals surface area contributed by atoms with Crippen LogP contribution in [0, 0.1) is 6.92 Å². The summed E-state index contributed by atoms with van der Waals surface area (Å²) >= 11 is 3.25. The van der Waals surface area contributed by atoms with Gasteiger partial charge in [0.15, 0.2) is 0 Å². The molecule has 2 aromatic heterocycles. The van der Waals surface area contributed by atoms with Crippen molar-refractivity contribution in [1.82, 2.24) is 15.0 Å². The molecule has 5 nitrogen and oxygen atoms in total. The first-order chi connectivity index (χ1) is 7.38. The number of rotatable bonds is 1. The number of aromatic nitrogens is 3. The predicted molar refractivity (Wildman–Crippen MR) is 62.9 cm³/mol. The molecule has 0 saturated carbocycles. The van der Waals surface area contributed by atoms with Gasteiger partial charge in [0.2, 0.25) is 15.0 Å². The Morgan fingerprint density at radius 3 is 2.62 bits per heavy atom. The standard InChI is InChI=1S/C9H8BrN3O2S/c1-5-3-6-4-11-9(16(2,14)15)13-7(6)8(10)12-5/h3-4H,1-2H3. The molecule has 2 rings (SSSR count). The van der Waals surface area contributed by atoms with Crippen LogP contribution in [0.15, 0.2) is 22.0 Å². The molecule has 0 spiro atoms. The minimum atomic E-state index is -3.39. The quantitative estimate of drug-likeness (QED) is 0.589. The highest BCUT2D eigenvalue weighted by molar-refractivity contribution is 9.10. The van der Waals surface area contributed by atoms with Crippen LogP contribution in [0.5, 0.6) is 0 Å². The van der Waals surface area contributed by atoms with E-state index in [1.807, 2.05) is 6.92 Å². The molecule has 0 atom stereocenters. The van der Waals surface area contributed by atoms with E-state index in [2.05, 4.69) is 30.9 Å². The second-order valence-electron chi connectivity index (χ2n) is 3.42. The van der Waals surface area contributed by atoms with Crippen LogP contribution < -0.4 is 0 Å². The summed E-state index contributed by atoms with van der Waals surface area (Å²) in [5.41, 5.74) is 1.32. The molecule has 0 saturated heterocycles. The van der Waals surface area contributed by atoms with Gasteiger partial charge in [-0.2, -0.15) is 0 Å². The van der Waals surface area contributed by atoms with E-state index in [1.165, 1.54) is 6.20 Å². The molecule has 0 aliphatic heterocycles. The van der Waals surface area contributed by atoms with Crippen molar-refractivity contribution in [3.63, 3.8) is 0 Å². The summed E-state index contributed by atoms with van der Waals surface area (Å²) in [5, 5.41) is 0.568. The molecular weight excluding hydrogens is 294 g/mol. The molecule has 0 aliphatic carbocycles. The lowest BCUT2D eigenvalue weighted by atomic mass is 10.3. The maximum atomic E-state index is 11.3. The van der Waals surface area contributed by atoms with E-state index in [4.69, 9.17) is 0 Å². The Kier molecular flexibility index (Phi) is 2.67. The Bertz CT molecular complexity index is 670. The molecule has 16 heavy (non-hydrogen) atoms. The molecule has 0 fully saturated rings. The van der Waals surface area contributed by atoms with Gasteiger partial charge in [-0.05, 0) is 28.9 Å². The molecule has 0 bridgehead atoms. The zero-order valence-electron chi connectivity index (χ0n) is 8.60. The minimum Gasteiger partial charge on any atom is -0.244 e. The first-order valence-corrected chi connectivity index (χ1v) is 7.06. The highest BCUT2D eigenvalue weighted by Gasteiger charge is 2.13. The topological polar surface area (TPSA) is 72.8 Å². The monoisotopic (exact) mass is 301 g/mol. The average molecular weight is 302 g/mol. The number of hydrogen-bond donors (Lipinski definition) is 0. The van der Waals surface area contributed by atoms with E-state index in [9.17, 15) is 8.42 Å². The van der Waals surface area contributed by atoms with Crippen LogP contribution in [-0.4, -0.2) is 29.6 Å². The highest BCUT2D eigenvalue weighted by atomic mass is 79.9. The number of aryl methyl sites for hydroxylation is 1. The van der Waals surface area contributed by atoms with Crippen molar-refractivity contribution < 1.29 is 8.42 Å². The Morgan fingerprint density at radius 2 is 2.00 bits per heavy atom. The molecule has 84 valence electrons. The van der Waals surface area contributed by atoms with Crippen molar-refractivity contribution in [2.75, 3.05) is 6.26 Å². The van der Waals surface area contributed by atoms with Gasteiger partial charge in [0.25, 0.3) is 0 Å². The molecule has 2 aromatic rings. The molecule has 7 heteroatoms. The number of nitrogens with zero attached hydrogens (tertiary/aromatic N) is 3. The van der Waals surface area contributed by atoms with Gasteiger partial charge in [-0.3, -0.25) is 0 Å². The van der Waals surface area contributed by atoms with Crippen LogP contribution in [0.1, 0.15) is 5.69 Å². The molecule has 2 heterocycles. The lowest BCUT2D eigenvalue weighted by Crippen LogP contribution is -2.04. The number of sulfone groups is 1. The maximum absolute atomic E-state index is 11.3. The van der Waals surface area contributed by atoms with Crippen molar-refractivity contribution in [3.05, 3.63) is 22.6 Å². The summed E-state index contributed by atoms with van der Waals surface area (Å²) in [5.74, 6) is 0. The summed E-state index contributed by atoms with van der Waals surface area (Å²) in [6, 6.07) is 1.80. The second kappa shape index (κ2) is 3.74. The fourth-order valence-corrected chi connectivity index (χ4v) is 2.39. The molecule has 0 aromatic carbocycles. The molecule has 0 radical (unpaired) electrons. The van der Waals surface area contributed by atoms with E-state index in [-0.39, 0.29) is 5.16 Å². The third-order valence-corrected chi connectivity index (χ3v) is 3.37. The summed E-state index contributed by atoms with van der Waals surface area (Å²) in [7, 11) is -3.39. The lowest BCUT2D eigenvalue weighted by molar-refractivity contribution is 0.593. The first-order valence-electron chi connectivity index (χ1n) is 4.38. The molecule has 0 unspecified atom stereocenters. The zero-order chi connectivity index (χ0) is 11.9. The maximum Gasteiger partial charge on any atom is 0.247 e. The zero-order valence-corrected chi connectivity index (χ0v) is 11.0. The van der Waals surface area contributed by atoms with Crippen LogP contribution in [0.25, 0.3) is 10.9 Å². The Morgan fingerprint density at radius 1 is 1.31 bits per heavy atom. The van der Waals surface area contributed by atoms with Crippen molar-refractivity contribution in [2.24, 2.45) is 0 Å². The second-order valence-corrected chi connectivity index (χ2v) is 6.08. The molecular formula is C9H8BrN3O2S. The van der Waals surface area contributed by atoms with Gasteiger partial charge in [-0.1, -0.05) is 0 Å². The highest BCUT2D eigenvalue weighted by Crippen LogP contribution is 2.21. The average Bonchev–Trinajstić information content (AvgIpc) is 2.15. The van der Waals surface area contributed by atoms with Gasteiger partial charge >= 0.3 is 0 Å². The van der Waals surface area contributed by atoms with Gasteiger partial charge in [-0.15, -0.1) is 0 Å². The van der Waals surface area contributed by atoms with Gasteiger partial charge < -0.3 is 0 Å². The number of fused-ring (bicyclic) bond motifs is 1. The summed E-state index contributed by atoms with van der Waals surface area (Å²) < 4.78 is 23.1. The normalized spacial score (nSPS) is 11.9. The van der Waals surface area contributed by atoms with Gasteiger partial charge in [-0.25, -0.2) is 23.4 Å². The summed E-state index contributed by atoms with van der Waals surface area (Å²) in [6.07, 6.45) is 2.56. The third-order valence-electron chi connectivity index (χ3n) is 1.96. The van der Waals surface area contributed by atoms with Gasteiger partial charge in [0.05, 0.1) is 0 Å². The lowest BCUT2D eigenvalue weighted by Gasteiger charge is -2.02. The molecule has 0 aliphatic rings. The number of hydrogen-bond acceptors (Lipinski definition) is 5. The molecule has 0 N–H and O–H groups in total. The van der Waals surface area contributed by atoms with Crippen molar-refractivity contribution in [2.45, 2.75) is 12.1 Å². The van der Waals surface area contributed by atoms with Gasteiger partial charge in [0.1, 0.15) is 10.1 Å². The van der Waals surface area contributed by atoms with Gasteiger partial charge in [0, 0.05) is 23.5 Å².